The van der Waals surface area contributed by atoms with Gasteiger partial charge < -0.3 is 14.5 Å². The van der Waals surface area contributed by atoms with Crippen LogP contribution < -0.4 is 4.90 Å². The minimum atomic E-state index is -0.596. The topological polar surface area (TPSA) is 45.7 Å². The van der Waals surface area contributed by atoms with E-state index < -0.39 is 11.6 Å². The lowest BCUT2D eigenvalue weighted by atomic mass is 10.2. The van der Waals surface area contributed by atoms with Gasteiger partial charge in [0, 0.05) is 44.6 Å². The van der Waals surface area contributed by atoms with Gasteiger partial charge in [0.1, 0.15) is 18.2 Å². The van der Waals surface area contributed by atoms with Gasteiger partial charge in [-0.15, -0.1) is 0 Å². The molecule has 0 unspecified atom stereocenters. The molecule has 1 saturated heterocycles. The Morgan fingerprint density at radius 2 is 1.96 bits per heavy atom. The van der Waals surface area contributed by atoms with Crippen LogP contribution in [0.25, 0.3) is 0 Å². The van der Waals surface area contributed by atoms with E-state index in [0.29, 0.717) is 38.5 Å². The molecule has 1 fully saturated rings. The zero-order valence-corrected chi connectivity index (χ0v) is 13.7. The van der Waals surface area contributed by atoms with E-state index >= 15 is 0 Å². The Labute approximate surface area is 144 Å². The van der Waals surface area contributed by atoms with Gasteiger partial charge in [0.15, 0.2) is 0 Å². The van der Waals surface area contributed by atoms with Crippen molar-refractivity contribution in [2.45, 2.75) is 6.61 Å². The van der Waals surface area contributed by atoms with Crippen LogP contribution >= 0.6 is 0 Å². The van der Waals surface area contributed by atoms with E-state index in [1.165, 1.54) is 12.1 Å². The van der Waals surface area contributed by atoms with Crippen molar-refractivity contribution in [1.29, 1.82) is 0 Å². The number of pyridine rings is 1. The summed E-state index contributed by atoms with van der Waals surface area (Å²) < 4.78 is 32.3. The van der Waals surface area contributed by atoms with Crippen LogP contribution in [0, 0.1) is 11.6 Å². The number of carbonyl (C=O) groups excluding carboxylic acids is 1. The van der Waals surface area contributed by atoms with Crippen LogP contribution in [0.5, 0.6) is 0 Å². The number of anilines is 1. The van der Waals surface area contributed by atoms with Gasteiger partial charge in [0.25, 0.3) is 0 Å². The lowest BCUT2D eigenvalue weighted by molar-refractivity contribution is -0.136. The highest BCUT2D eigenvalue weighted by atomic mass is 19.1. The summed E-state index contributed by atoms with van der Waals surface area (Å²) in [5.74, 6) is -1.27. The third kappa shape index (κ3) is 4.51. The summed E-state index contributed by atoms with van der Waals surface area (Å²) in [6.07, 6.45) is 3.37. The molecule has 0 aliphatic carbocycles. The number of ether oxygens (including phenoxy) is 1. The van der Waals surface area contributed by atoms with Crippen molar-refractivity contribution in [3.8, 4) is 0 Å². The average Bonchev–Trinajstić information content (AvgIpc) is 2.63. The Morgan fingerprint density at radius 1 is 1.16 bits per heavy atom. The number of piperazine rings is 1. The number of amides is 1. The van der Waals surface area contributed by atoms with E-state index in [4.69, 9.17) is 4.74 Å². The second-order valence-electron chi connectivity index (χ2n) is 5.82. The summed E-state index contributed by atoms with van der Waals surface area (Å²) >= 11 is 0. The highest BCUT2D eigenvalue weighted by Crippen LogP contribution is 2.21. The average molecular weight is 347 g/mol. The van der Waals surface area contributed by atoms with Gasteiger partial charge in [-0.3, -0.25) is 9.78 Å². The van der Waals surface area contributed by atoms with E-state index in [-0.39, 0.29) is 12.5 Å². The van der Waals surface area contributed by atoms with E-state index in [9.17, 15) is 13.6 Å². The first-order valence-electron chi connectivity index (χ1n) is 8.08. The fraction of sp³-hybridized carbons (Fsp3) is 0.333. The first-order chi connectivity index (χ1) is 12.1. The fourth-order valence-electron chi connectivity index (χ4n) is 2.77. The molecule has 0 N–H and O–H groups in total. The number of carbonyl (C=O) groups is 1. The first kappa shape index (κ1) is 17.3. The van der Waals surface area contributed by atoms with Crippen molar-refractivity contribution < 1.29 is 18.3 Å². The van der Waals surface area contributed by atoms with Crippen LogP contribution in [0.4, 0.5) is 14.5 Å². The zero-order chi connectivity index (χ0) is 17.6. The molecule has 0 spiro atoms. The molecule has 1 aliphatic rings. The molecule has 7 heteroatoms. The van der Waals surface area contributed by atoms with Gasteiger partial charge in [-0.1, -0.05) is 6.07 Å². The number of halogens is 2. The minimum absolute atomic E-state index is 0.000195. The molecule has 0 atom stereocenters. The van der Waals surface area contributed by atoms with Crippen molar-refractivity contribution >= 4 is 11.6 Å². The monoisotopic (exact) mass is 347 g/mol. The molecule has 1 amide bonds. The summed E-state index contributed by atoms with van der Waals surface area (Å²) in [7, 11) is 0. The predicted molar refractivity (Wildman–Crippen MR) is 89.0 cm³/mol. The molecule has 1 aliphatic heterocycles. The molecule has 0 radical (unpaired) electrons. The summed E-state index contributed by atoms with van der Waals surface area (Å²) in [5, 5.41) is 0. The third-order valence-corrected chi connectivity index (χ3v) is 4.10. The van der Waals surface area contributed by atoms with E-state index in [1.807, 2.05) is 17.0 Å². The van der Waals surface area contributed by atoms with Crippen LogP contribution in [0.1, 0.15) is 5.56 Å². The zero-order valence-electron chi connectivity index (χ0n) is 13.7. The normalized spacial score (nSPS) is 14.6. The number of nitrogens with zero attached hydrogens (tertiary/aromatic N) is 3. The highest BCUT2D eigenvalue weighted by Gasteiger charge is 2.23. The molecule has 1 aromatic carbocycles. The van der Waals surface area contributed by atoms with Crippen LogP contribution in [0.2, 0.25) is 0 Å². The van der Waals surface area contributed by atoms with Crippen LogP contribution in [0.15, 0.2) is 42.7 Å². The molecule has 132 valence electrons. The van der Waals surface area contributed by atoms with Crippen LogP contribution in [0.3, 0.4) is 0 Å². The largest absolute Gasteiger partial charge is 0.367 e. The van der Waals surface area contributed by atoms with Crippen molar-refractivity contribution in [1.82, 2.24) is 9.88 Å². The van der Waals surface area contributed by atoms with Crippen molar-refractivity contribution in [2.24, 2.45) is 0 Å². The summed E-state index contributed by atoms with van der Waals surface area (Å²) in [6.45, 7) is 2.28. The van der Waals surface area contributed by atoms with E-state index in [2.05, 4.69) is 4.98 Å². The van der Waals surface area contributed by atoms with Gasteiger partial charge in [0.05, 0.1) is 12.3 Å². The minimum Gasteiger partial charge on any atom is -0.367 e. The van der Waals surface area contributed by atoms with Gasteiger partial charge in [-0.25, -0.2) is 8.78 Å². The van der Waals surface area contributed by atoms with E-state index in [0.717, 1.165) is 11.6 Å². The van der Waals surface area contributed by atoms with Gasteiger partial charge >= 0.3 is 0 Å². The van der Waals surface area contributed by atoms with Crippen molar-refractivity contribution in [3.05, 3.63) is 59.9 Å². The predicted octanol–water partition coefficient (Wildman–Crippen LogP) is 2.23. The molecule has 1 aromatic heterocycles. The maximum Gasteiger partial charge on any atom is 0.248 e. The van der Waals surface area contributed by atoms with Gasteiger partial charge in [-0.2, -0.15) is 0 Å². The quantitative estimate of drug-likeness (QED) is 0.832. The summed E-state index contributed by atoms with van der Waals surface area (Å²) in [4.78, 5) is 19.7. The molecule has 2 heterocycles. The highest BCUT2D eigenvalue weighted by molar-refractivity contribution is 5.77. The number of aromatic nitrogens is 1. The first-order valence-corrected chi connectivity index (χ1v) is 8.08. The van der Waals surface area contributed by atoms with Gasteiger partial charge in [0.2, 0.25) is 5.91 Å². The Kier molecular flexibility index (Phi) is 5.55. The molecule has 5 nitrogen and oxygen atoms in total. The number of hydrogen-bond donors (Lipinski definition) is 0. The van der Waals surface area contributed by atoms with E-state index in [1.54, 1.807) is 17.3 Å². The second kappa shape index (κ2) is 8.02. The van der Waals surface area contributed by atoms with Crippen molar-refractivity contribution in [2.75, 3.05) is 37.7 Å². The van der Waals surface area contributed by atoms with Crippen LogP contribution in [-0.4, -0.2) is 48.6 Å². The molecule has 0 saturated carbocycles. The lowest BCUT2D eigenvalue weighted by Crippen LogP contribution is -2.50. The summed E-state index contributed by atoms with van der Waals surface area (Å²) in [6, 6.07) is 7.24. The second-order valence-corrected chi connectivity index (χ2v) is 5.82. The smallest absolute Gasteiger partial charge is 0.248 e. The van der Waals surface area contributed by atoms with Crippen LogP contribution in [-0.2, 0) is 16.1 Å². The molecule has 0 bridgehead atoms. The SMILES string of the molecule is O=C(COCc1cccnc1)N1CCN(c2ccc(F)cc2F)CC1. The Balaban J connectivity index is 1.46. The maximum atomic E-state index is 13.8. The lowest BCUT2D eigenvalue weighted by Gasteiger charge is -2.36. The van der Waals surface area contributed by atoms with Gasteiger partial charge in [-0.05, 0) is 23.8 Å². The molecule has 3 rings (SSSR count). The maximum absolute atomic E-state index is 13.8. The number of hydrogen-bond acceptors (Lipinski definition) is 4. The Hall–Kier alpha value is -2.54. The van der Waals surface area contributed by atoms with Crippen molar-refractivity contribution in [3.63, 3.8) is 0 Å². The number of rotatable bonds is 5. The number of benzene rings is 1. The molecular formula is C18H19F2N3O2. The Bertz CT molecular complexity index is 720. The third-order valence-electron chi connectivity index (χ3n) is 4.10. The fourth-order valence-corrected chi connectivity index (χ4v) is 2.77. The Morgan fingerprint density at radius 3 is 2.64 bits per heavy atom. The standard InChI is InChI=1S/C18H19F2N3O2/c19-15-3-4-17(16(20)10-15)22-6-8-23(9-7-22)18(24)13-25-12-14-2-1-5-21-11-14/h1-5,10-11H,6-9,12-13H2. The molecule has 2 aromatic rings. The summed E-state index contributed by atoms with van der Waals surface area (Å²) in [5.41, 5.74) is 1.27. The molecular weight excluding hydrogens is 328 g/mol. The molecule has 25 heavy (non-hydrogen) atoms.